The minimum Gasteiger partial charge on any atom is -0.314 e. The summed E-state index contributed by atoms with van der Waals surface area (Å²) >= 11 is 2.18. The lowest BCUT2D eigenvalue weighted by atomic mass is 9.36. The van der Waals surface area contributed by atoms with Crippen molar-refractivity contribution in [3.8, 4) is 11.1 Å². The highest BCUT2D eigenvalue weighted by molar-refractivity contribution is 8.06. The molecule has 3 heterocycles. The summed E-state index contributed by atoms with van der Waals surface area (Å²) in [4.78, 5) is 6.97. The molecule has 2 nitrogen and oxygen atoms in total. The van der Waals surface area contributed by atoms with Crippen LogP contribution in [-0.2, 0) is 16.2 Å². The molecular formula is C60H67BN2S. The summed E-state index contributed by atoms with van der Waals surface area (Å²) < 4.78 is 0. The Bertz CT molecular complexity index is 2900. The van der Waals surface area contributed by atoms with Crippen LogP contribution in [0.1, 0.15) is 130 Å². The minimum absolute atomic E-state index is 0.000484. The summed E-state index contributed by atoms with van der Waals surface area (Å²) in [7, 11) is 0. The van der Waals surface area contributed by atoms with E-state index in [1.807, 2.05) is 0 Å². The third-order valence-electron chi connectivity index (χ3n) is 16.6. The average Bonchev–Trinajstić information content (AvgIpc) is 3.62. The number of hydrogen-bond acceptors (Lipinski definition) is 3. The molecule has 0 N–H and O–H groups in total. The summed E-state index contributed by atoms with van der Waals surface area (Å²) in [5.74, 6) is 0.265. The van der Waals surface area contributed by atoms with E-state index in [-0.39, 0.29) is 39.7 Å². The van der Waals surface area contributed by atoms with E-state index in [4.69, 9.17) is 0 Å². The first-order chi connectivity index (χ1) is 30.1. The van der Waals surface area contributed by atoms with Crippen LogP contribution in [0.15, 0.2) is 131 Å². The molecule has 326 valence electrons. The Balaban J connectivity index is 1.22. The van der Waals surface area contributed by atoms with E-state index in [1.165, 1.54) is 114 Å². The van der Waals surface area contributed by atoms with Crippen molar-refractivity contribution in [3.63, 3.8) is 0 Å². The summed E-state index contributed by atoms with van der Waals surface area (Å²) in [6.07, 6.45) is 10.4. The molecule has 2 atom stereocenters. The van der Waals surface area contributed by atoms with Crippen LogP contribution in [0.4, 0.5) is 28.4 Å². The molecule has 3 aliphatic heterocycles. The van der Waals surface area contributed by atoms with Crippen LogP contribution in [0, 0.1) is 30.6 Å². The van der Waals surface area contributed by atoms with Crippen LogP contribution in [-0.4, -0.2) is 12.0 Å². The van der Waals surface area contributed by atoms with Crippen LogP contribution in [0.5, 0.6) is 0 Å². The average molecular weight is 859 g/mol. The Labute approximate surface area is 389 Å². The van der Waals surface area contributed by atoms with E-state index in [0.717, 1.165) is 0 Å². The van der Waals surface area contributed by atoms with Gasteiger partial charge in [-0.25, -0.2) is 0 Å². The van der Waals surface area contributed by atoms with E-state index >= 15 is 0 Å². The Hall–Kier alpha value is -4.67. The Kier molecular flexibility index (Phi) is 9.14. The number of allylic oxidation sites excluding steroid dienone is 3. The molecule has 1 saturated carbocycles. The number of hydrogen-bond donors (Lipinski definition) is 0. The summed E-state index contributed by atoms with van der Waals surface area (Å²) in [6.45, 7) is 31.8. The smallest absolute Gasteiger partial charge is 0.259 e. The predicted octanol–water partition coefficient (Wildman–Crippen LogP) is 15.4. The lowest BCUT2D eigenvalue weighted by Gasteiger charge is -2.48. The van der Waals surface area contributed by atoms with Crippen molar-refractivity contribution in [2.75, 3.05) is 9.80 Å². The van der Waals surface area contributed by atoms with Gasteiger partial charge in [-0.1, -0.05) is 149 Å². The molecule has 2 unspecified atom stereocenters. The number of fused-ring (bicyclic) bond motifs is 7. The molecule has 0 bridgehead atoms. The van der Waals surface area contributed by atoms with Crippen LogP contribution in [0.2, 0.25) is 0 Å². The molecule has 0 aromatic heterocycles. The van der Waals surface area contributed by atoms with Gasteiger partial charge in [-0.15, -0.1) is 11.8 Å². The van der Waals surface area contributed by atoms with Crippen molar-refractivity contribution in [2.24, 2.45) is 16.7 Å². The molecule has 1 fully saturated rings. The van der Waals surface area contributed by atoms with Crippen molar-refractivity contribution in [1.82, 2.24) is 0 Å². The van der Waals surface area contributed by atoms with E-state index in [1.54, 1.807) is 11.1 Å². The first kappa shape index (κ1) is 42.0. The fourth-order valence-corrected chi connectivity index (χ4v) is 14.0. The van der Waals surface area contributed by atoms with E-state index < -0.39 is 0 Å². The maximum Gasteiger partial charge on any atom is 0.259 e. The van der Waals surface area contributed by atoms with Crippen molar-refractivity contribution in [3.05, 3.63) is 159 Å². The first-order valence-electron chi connectivity index (χ1n) is 24.2. The number of rotatable bonds is 3. The fraction of sp³-hybridized carbons (Fsp3) is 0.400. The molecule has 4 heteroatoms. The van der Waals surface area contributed by atoms with Crippen LogP contribution >= 0.6 is 11.8 Å². The number of thioether (sulfide) groups is 1. The van der Waals surface area contributed by atoms with E-state index in [2.05, 4.69) is 221 Å². The van der Waals surface area contributed by atoms with Gasteiger partial charge < -0.3 is 9.80 Å². The molecule has 0 spiro atoms. The van der Waals surface area contributed by atoms with Crippen molar-refractivity contribution >= 4 is 57.8 Å². The largest absolute Gasteiger partial charge is 0.314 e. The van der Waals surface area contributed by atoms with Crippen LogP contribution in [0.3, 0.4) is 0 Å². The van der Waals surface area contributed by atoms with Gasteiger partial charge >= 0.3 is 0 Å². The second-order valence-corrected chi connectivity index (χ2v) is 25.2. The number of benzene rings is 5. The third-order valence-corrected chi connectivity index (χ3v) is 18.0. The maximum atomic E-state index is 2.79. The molecule has 64 heavy (non-hydrogen) atoms. The molecule has 0 saturated heterocycles. The van der Waals surface area contributed by atoms with Gasteiger partial charge in [0.1, 0.15) is 0 Å². The SMILES string of the molecule is Cc1cc2c3c(c1)N(c1cc(-c4ccccc4)ccc1C)c1ccc(C(C)(C)C)cc1B3C1=C(C3C=C4C(=CC3S1)C(C)(C)CCC4(C)C)N2c1ccc2c(c1)C(C)(C)CCC2(C)C. The minimum atomic E-state index is -0.000484. The Morgan fingerprint density at radius 1 is 0.578 bits per heavy atom. The monoisotopic (exact) mass is 859 g/mol. The summed E-state index contributed by atoms with van der Waals surface area (Å²) in [5.41, 5.74) is 24.1. The lowest BCUT2D eigenvalue weighted by molar-refractivity contribution is 0.255. The molecule has 3 aliphatic carbocycles. The number of nitrogens with zero attached hydrogens (tertiary/aromatic N) is 2. The molecule has 5 aromatic carbocycles. The molecular weight excluding hydrogens is 792 g/mol. The lowest BCUT2D eigenvalue weighted by Crippen LogP contribution is -2.55. The Morgan fingerprint density at radius 3 is 1.91 bits per heavy atom. The van der Waals surface area contributed by atoms with Crippen molar-refractivity contribution < 1.29 is 0 Å². The van der Waals surface area contributed by atoms with Gasteiger partial charge in [0.25, 0.3) is 6.71 Å². The zero-order valence-electron chi connectivity index (χ0n) is 40.8. The second kappa shape index (κ2) is 13.9. The highest BCUT2D eigenvalue weighted by atomic mass is 32.2. The zero-order chi connectivity index (χ0) is 45.0. The highest BCUT2D eigenvalue weighted by Crippen LogP contribution is 2.61. The van der Waals surface area contributed by atoms with Crippen molar-refractivity contribution in [1.29, 1.82) is 0 Å². The normalized spacial score (nSPS) is 23.0. The van der Waals surface area contributed by atoms with Gasteiger partial charge in [-0.05, 0) is 169 Å². The van der Waals surface area contributed by atoms with Gasteiger partial charge in [0.15, 0.2) is 0 Å². The maximum absolute atomic E-state index is 2.79. The summed E-state index contributed by atoms with van der Waals surface area (Å²) in [6, 6.07) is 38.1. The van der Waals surface area contributed by atoms with Crippen LogP contribution < -0.4 is 20.7 Å². The van der Waals surface area contributed by atoms with Gasteiger partial charge in [0.2, 0.25) is 0 Å². The Morgan fingerprint density at radius 2 is 1.22 bits per heavy atom. The third kappa shape index (κ3) is 6.27. The van der Waals surface area contributed by atoms with Crippen molar-refractivity contribution in [2.45, 2.75) is 137 Å². The number of aryl methyl sites for hydroxylation is 2. The zero-order valence-corrected chi connectivity index (χ0v) is 41.6. The second-order valence-electron chi connectivity index (χ2n) is 24.0. The van der Waals surface area contributed by atoms with Crippen LogP contribution in [0.25, 0.3) is 11.1 Å². The highest BCUT2D eigenvalue weighted by Gasteiger charge is 2.54. The van der Waals surface area contributed by atoms with Gasteiger partial charge in [-0.2, -0.15) is 0 Å². The summed E-state index contributed by atoms with van der Waals surface area (Å²) in [5, 5.41) is 0.336. The van der Waals surface area contributed by atoms with Gasteiger partial charge in [-0.3, -0.25) is 0 Å². The topological polar surface area (TPSA) is 6.48 Å². The van der Waals surface area contributed by atoms with Gasteiger partial charge in [0, 0.05) is 45.3 Å². The molecule has 0 radical (unpaired) electrons. The predicted molar refractivity (Wildman–Crippen MR) is 278 cm³/mol. The van der Waals surface area contributed by atoms with E-state index in [9.17, 15) is 0 Å². The first-order valence-corrected chi connectivity index (χ1v) is 25.1. The molecule has 6 aliphatic rings. The quantitative estimate of drug-likeness (QED) is 0.167. The molecule has 5 aromatic rings. The van der Waals surface area contributed by atoms with Gasteiger partial charge in [0.05, 0.1) is 0 Å². The molecule has 0 amide bonds. The van der Waals surface area contributed by atoms with E-state index in [0.29, 0.717) is 5.25 Å². The number of anilines is 5. The molecule has 11 rings (SSSR count). The fourth-order valence-electron chi connectivity index (χ4n) is 12.5. The standard InChI is InChI=1S/C60H67BN2S/c1-36-29-50-53-51(30-36)63(49-31-39(20-19-37(49)2)38-17-15-14-16-18-38)48-24-21-40(56(3,4)5)32-47(48)61(53)55-54(42-34-45-46(35-52(42)64-55)60(12,13)28-27-59(45,10)11)62(50)41-22-23-43-44(33-41)58(8,9)26-25-57(43,6)7/h14-24,29-35,42,52H,25-28H2,1-13H3.